The summed E-state index contributed by atoms with van der Waals surface area (Å²) in [5.41, 5.74) is 0.984. The number of halogens is 2. The van der Waals surface area contributed by atoms with Gasteiger partial charge in [-0.25, -0.2) is 0 Å². The summed E-state index contributed by atoms with van der Waals surface area (Å²) in [4.78, 5) is 4.49. The van der Waals surface area contributed by atoms with Crippen LogP contribution in [0.1, 0.15) is 24.9 Å². The summed E-state index contributed by atoms with van der Waals surface area (Å²) in [6.45, 7) is 2.03. The zero-order valence-corrected chi connectivity index (χ0v) is 12.4. The molecule has 0 aliphatic rings. The largest absolute Gasteiger partial charge is 0.272 e. The second kappa shape index (κ2) is 7.52. The van der Waals surface area contributed by atoms with Crippen LogP contribution in [0.15, 0.2) is 23.2 Å². The van der Waals surface area contributed by atoms with E-state index in [2.05, 4.69) is 10.3 Å². The summed E-state index contributed by atoms with van der Waals surface area (Å²) in [5, 5.41) is 12.8. The van der Waals surface area contributed by atoms with Gasteiger partial charge >= 0.3 is 0 Å². The molecular formula is C12H13Cl2N3S. The molecule has 1 atom stereocenters. The number of hydrogen-bond acceptors (Lipinski definition) is 3. The molecule has 0 fully saturated rings. The molecule has 1 aromatic carbocycles. The van der Waals surface area contributed by atoms with Crippen molar-refractivity contribution in [2.24, 2.45) is 4.99 Å². The van der Waals surface area contributed by atoms with Crippen LogP contribution < -0.4 is 5.32 Å². The third-order valence-corrected chi connectivity index (χ3v) is 3.68. The SMILES string of the molecule is CCC(N=C(NC#N)SC)c1ccc(Cl)c(Cl)c1. The van der Waals surface area contributed by atoms with E-state index in [9.17, 15) is 0 Å². The highest BCUT2D eigenvalue weighted by Gasteiger charge is 2.11. The summed E-state index contributed by atoms with van der Waals surface area (Å²) in [5.74, 6) is 0. The van der Waals surface area contributed by atoms with E-state index >= 15 is 0 Å². The molecule has 1 unspecified atom stereocenters. The second-order valence-electron chi connectivity index (χ2n) is 3.47. The molecular weight excluding hydrogens is 289 g/mol. The van der Waals surface area contributed by atoms with Gasteiger partial charge in [0.15, 0.2) is 11.4 Å². The molecule has 0 heterocycles. The molecule has 0 spiro atoms. The van der Waals surface area contributed by atoms with Gasteiger partial charge in [0.1, 0.15) is 0 Å². The van der Waals surface area contributed by atoms with Crippen LogP contribution in [0.2, 0.25) is 10.0 Å². The minimum absolute atomic E-state index is 0.0388. The zero-order valence-electron chi connectivity index (χ0n) is 10.1. The van der Waals surface area contributed by atoms with Gasteiger partial charge in [-0.2, -0.15) is 5.26 Å². The van der Waals surface area contributed by atoms with Crippen LogP contribution in [0.4, 0.5) is 0 Å². The summed E-state index contributed by atoms with van der Waals surface area (Å²) in [6.07, 6.45) is 4.55. The fourth-order valence-corrected chi connectivity index (χ4v) is 2.13. The summed E-state index contributed by atoms with van der Waals surface area (Å²) in [7, 11) is 0. The topological polar surface area (TPSA) is 48.2 Å². The lowest BCUT2D eigenvalue weighted by atomic mass is 10.1. The van der Waals surface area contributed by atoms with Gasteiger partial charge < -0.3 is 0 Å². The lowest BCUT2D eigenvalue weighted by molar-refractivity contribution is 0.701. The number of nitrogens with zero attached hydrogens (tertiary/aromatic N) is 2. The van der Waals surface area contributed by atoms with Crippen LogP contribution in [-0.4, -0.2) is 11.4 Å². The quantitative estimate of drug-likeness (QED) is 0.393. The van der Waals surface area contributed by atoms with Gasteiger partial charge in [-0.3, -0.25) is 10.3 Å². The molecule has 0 bridgehead atoms. The number of benzene rings is 1. The minimum Gasteiger partial charge on any atom is -0.272 e. The zero-order chi connectivity index (χ0) is 13.5. The lowest BCUT2D eigenvalue weighted by Gasteiger charge is -2.13. The van der Waals surface area contributed by atoms with Gasteiger partial charge in [0.25, 0.3) is 0 Å². The molecule has 0 saturated carbocycles. The summed E-state index contributed by atoms with van der Waals surface area (Å²) in [6, 6.07) is 5.43. The summed E-state index contributed by atoms with van der Waals surface area (Å²) < 4.78 is 0. The van der Waals surface area contributed by atoms with Crippen molar-refractivity contribution in [1.82, 2.24) is 5.32 Å². The molecule has 96 valence electrons. The number of aliphatic imine (C=N–C) groups is 1. The van der Waals surface area contributed by atoms with Gasteiger partial charge in [-0.1, -0.05) is 48.0 Å². The standard InChI is InChI=1S/C12H13Cl2N3S/c1-3-11(17-12(18-2)16-7-15)8-4-5-9(13)10(14)6-8/h4-6,11H,3H2,1-2H3,(H,16,17). The van der Waals surface area contributed by atoms with Gasteiger partial charge in [0.05, 0.1) is 16.1 Å². The van der Waals surface area contributed by atoms with Crippen molar-refractivity contribution >= 4 is 40.1 Å². The van der Waals surface area contributed by atoms with E-state index in [0.717, 1.165) is 12.0 Å². The molecule has 0 aliphatic carbocycles. The highest BCUT2D eigenvalue weighted by molar-refractivity contribution is 8.13. The van der Waals surface area contributed by atoms with Crippen molar-refractivity contribution in [3.63, 3.8) is 0 Å². The van der Waals surface area contributed by atoms with E-state index in [0.29, 0.717) is 15.2 Å². The average Bonchev–Trinajstić information content (AvgIpc) is 2.38. The Morgan fingerprint density at radius 2 is 2.22 bits per heavy atom. The molecule has 6 heteroatoms. The number of nitriles is 1. The van der Waals surface area contributed by atoms with E-state index in [-0.39, 0.29) is 6.04 Å². The van der Waals surface area contributed by atoms with Crippen molar-refractivity contribution in [2.75, 3.05) is 6.26 Å². The average molecular weight is 302 g/mol. The number of hydrogen-bond donors (Lipinski definition) is 1. The number of thioether (sulfide) groups is 1. The van der Waals surface area contributed by atoms with Crippen LogP contribution in [0, 0.1) is 11.5 Å². The third kappa shape index (κ3) is 4.09. The molecule has 3 nitrogen and oxygen atoms in total. The maximum absolute atomic E-state index is 8.61. The third-order valence-electron chi connectivity index (χ3n) is 2.34. The first-order valence-corrected chi connectivity index (χ1v) is 7.32. The highest BCUT2D eigenvalue weighted by atomic mass is 35.5. The van der Waals surface area contributed by atoms with Crippen molar-refractivity contribution < 1.29 is 0 Å². The maximum atomic E-state index is 8.61. The molecule has 1 N–H and O–H groups in total. The van der Waals surface area contributed by atoms with Gasteiger partial charge in [0, 0.05) is 0 Å². The normalized spacial score (nSPS) is 12.9. The molecule has 0 aliphatic heterocycles. The predicted molar refractivity (Wildman–Crippen MR) is 79.2 cm³/mol. The Morgan fingerprint density at radius 1 is 1.50 bits per heavy atom. The Kier molecular flexibility index (Phi) is 6.34. The van der Waals surface area contributed by atoms with Crippen molar-refractivity contribution in [3.05, 3.63) is 33.8 Å². The van der Waals surface area contributed by atoms with Crippen LogP contribution in [-0.2, 0) is 0 Å². The van der Waals surface area contributed by atoms with Crippen molar-refractivity contribution in [1.29, 1.82) is 5.26 Å². The fraction of sp³-hybridized carbons (Fsp3) is 0.333. The molecule has 1 aromatic rings. The number of nitrogens with one attached hydrogen (secondary N) is 1. The van der Waals surface area contributed by atoms with E-state index < -0.39 is 0 Å². The van der Waals surface area contributed by atoms with Crippen molar-refractivity contribution in [3.8, 4) is 6.19 Å². The van der Waals surface area contributed by atoms with Crippen LogP contribution >= 0.6 is 35.0 Å². The Balaban J connectivity index is 3.02. The van der Waals surface area contributed by atoms with Crippen LogP contribution in [0.3, 0.4) is 0 Å². The smallest absolute Gasteiger partial charge is 0.183 e. The van der Waals surface area contributed by atoms with Gasteiger partial charge in [0.2, 0.25) is 0 Å². The lowest BCUT2D eigenvalue weighted by Crippen LogP contribution is -2.14. The Hall–Kier alpha value is -0.890. The van der Waals surface area contributed by atoms with E-state index in [4.69, 9.17) is 28.5 Å². The van der Waals surface area contributed by atoms with E-state index in [1.165, 1.54) is 11.8 Å². The molecule has 0 amide bonds. The van der Waals surface area contributed by atoms with Crippen molar-refractivity contribution in [2.45, 2.75) is 19.4 Å². The van der Waals surface area contributed by atoms with Crippen LogP contribution in [0.25, 0.3) is 0 Å². The Morgan fingerprint density at radius 3 is 2.72 bits per heavy atom. The Bertz CT molecular complexity index is 483. The molecule has 0 saturated heterocycles. The van der Waals surface area contributed by atoms with Gasteiger partial charge in [-0.15, -0.1) is 0 Å². The van der Waals surface area contributed by atoms with Gasteiger partial charge in [-0.05, 0) is 30.4 Å². The fourth-order valence-electron chi connectivity index (χ4n) is 1.45. The predicted octanol–water partition coefficient (Wildman–Crippen LogP) is 4.23. The monoisotopic (exact) mass is 301 g/mol. The number of amidine groups is 1. The first-order chi connectivity index (χ1) is 8.62. The summed E-state index contributed by atoms with van der Waals surface area (Å²) >= 11 is 13.3. The van der Waals surface area contributed by atoms with Crippen LogP contribution in [0.5, 0.6) is 0 Å². The first kappa shape index (κ1) is 15.2. The maximum Gasteiger partial charge on any atom is 0.183 e. The molecule has 18 heavy (non-hydrogen) atoms. The molecule has 0 aromatic heterocycles. The molecule has 0 radical (unpaired) electrons. The van der Waals surface area contributed by atoms with E-state index in [1.54, 1.807) is 6.07 Å². The second-order valence-corrected chi connectivity index (χ2v) is 5.08. The first-order valence-electron chi connectivity index (χ1n) is 5.34. The molecule has 1 rings (SSSR count). The minimum atomic E-state index is -0.0388. The Labute approximate surface area is 121 Å². The van der Waals surface area contributed by atoms with E-state index in [1.807, 2.05) is 31.5 Å². The number of rotatable bonds is 3. The highest BCUT2D eigenvalue weighted by Crippen LogP contribution is 2.29.